The summed E-state index contributed by atoms with van der Waals surface area (Å²) in [4.78, 5) is 28.7. The fourth-order valence-electron chi connectivity index (χ4n) is 4.22. The van der Waals surface area contributed by atoms with Crippen LogP contribution in [0, 0.1) is 0 Å². The second-order valence-electron chi connectivity index (χ2n) is 9.48. The van der Waals surface area contributed by atoms with Crippen LogP contribution in [0.2, 0.25) is 0 Å². The molecule has 1 atom stereocenters. The molecule has 0 aliphatic rings. The Bertz CT molecular complexity index is 1360. The third kappa shape index (κ3) is 7.53. The fourth-order valence-corrected chi connectivity index (χ4v) is 5.66. The van der Waals surface area contributed by atoms with E-state index >= 15 is 0 Å². The van der Waals surface area contributed by atoms with Crippen molar-refractivity contribution in [2.75, 3.05) is 25.1 Å². The number of hydrogen-bond acceptors (Lipinski definition) is 6. The van der Waals surface area contributed by atoms with Crippen LogP contribution in [0.15, 0.2) is 83.8 Å². The van der Waals surface area contributed by atoms with Gasteiger partial charge in [0.1, 0.15) is 24.1 Å². The molecule has 0 saturated heterocycles. The van der Waals surface area contributed by atoms with Crippen molar-refractivity contribution in [3.8, 4) is 11.5 Å². The summed E-state index contributed by atoms with van der Waals surface area (Å²) in [6.07, 6.45) is 0.342. The summed E-state index contributed by atoms with van der Waals surface area (Å²) in [5.74, 6) is 0.383. The Morgan fingerprint density at radius 2 is 1.40 bits per heavy atom. The Labute approximate surface area is 236 Å². The summed E-state index contributed by atoms with van der Waals surface area (Å²) in [6.45, 7) is 5.11. The van der Waals surface area contributed by atoms with Crippen molar-refractivity contribution in [1.82, 2.24) is 10.2 Å². The minimum atomic E-state index is -4.13. The molecule has 10 heteroatoms. The van der Waals surface area contributed by atoms with E-state index in [1.165, 1.54) is 24.1 Å². The molecule has 40 heavy (non-hydrogen) atoms. The van der Waals surface area contributed by atoms with E-state index in [2.05, 4.69) is 5.32 Å². The van der Waals surface area contributed by atoms with Crippen molar-refractivity contribution in [3.05, 3.63) is 84.4 Å². The van der Waals surface area contributed by atoms with Gasteiger partial charge in [-0.1, -0.05) is 37.3 Å². The van der Waals surface area contributed by atoms with Crippen LogP contribution in [0.1, 0.15) is 32.8 Å². The molecule has 3 aromatic carbocycles. The molecule has 0 saturated carbocycles. The number of carbonyl (C=O) groups is 2. The normalized spacial score (nSPS) is 11.9. The van der Waals surface area contributed by atoms with Crippen molar-refractivity contribution in [2.45, 2.75) is 50.7 Å². The number of benzene rings is 3. The molecule has 3 aromatic rings. The van der Waals surface area contributed by atoms with Gasteiger partial charge in [0.2, 0.25) is 11.8 Å². The van der Waals surface area contributed by atoms with E-state index in [1.807, 2.05) is 32.9 Å². The van der Waals surface area contributed by atoms with Gasteiger partial charge >= 0.3 is 0 Å². The van der Waals surface area contributed by atoms with Gasteiger partial charge in [0, 0.05) is 12.6 Å². The van der Waals surface area contributed by atoms with Crippen molar-refractivity contribution < 1.29 is 27.5 Å². The second-order valence-corrected chi connectivity index (χ2v) is 11.3. The molecular formula is C30H37N3O6S. The van der Waals surface area contributed by atoms with E-state index in [0.29, 0.717) is 23.6 Å². The number of rotatable bonds is 13. The summed E-state index contributed by atoms with van der Waals surface area (Å²) in [5, 5.41) is 2.89. The van der Waals surface area contributed by atoms with Crippen LogP contribution >= 0.6 is 0 Å². The molecule has 0 unspecified atom stereocenters. The number of ether oxygens (including phenoxy) is 2. The Morgan fingerprint density at radius 3 is 1.90 bits per heavy atom. The zero-order valence-corrected chi connectivity index (χ0v) is 24.4. The lowest BCUT2D eigenvalue weighted by Crippen LogP contribution is -2.53. The number of nitrogens with zero attached hydrogens (tertiary/aromatic N) is 2. The summed E-state index contributed by atoms with van der Waals surface area (Å²) < 4.78 is 39.2. The Kier molecular flexibility index (Phi) is 10.6. The number of methoxy groups -OCH3 is 2. The third-order valence-corrected chi connectivity index (χ3v) is 8.09. The van der Waals surface area contributed by atoms with E-state index in [0.717, 1.165) is 9.87 Å². The summed E-state index contributed by atoms with van der Waals surface area (Å²) in [7, 11) is -1.05. The standard InChI is InChI=1S/C30H37N3O6S/c1-6-28(30(35)31-22(2)3)32(20-23-12-16-25(38-4)17-13-23)29(34)21-33(24-14-18-26(39-5)19-15-24)40(36,37)27-10-8-7-9-11-27/h7-19,22,28H,6,20-21H2,1-5H3,(H,31,35)/t28-/m0/s1. The maximum absolute atomic E-state index is 14.0. The van der Waals surface area contributed by atoms with Gasteiger partial charge < -0.3 is 19.7 Å². The SMILES string of the molecule is CC[C@@H](C(=O)NC(C)C)N(Cc1ccc(OC)cc1)C(=O)CN(c1ccc(OC)cc1)S(=O)(=O)c1ccccc1. The first-order chi connectivity index (χ1) is 19.1. The predicted octanol–water partition coefficient (Wildman–Crippen LogP) is 4.23. The third-order valence-electron chi connectivity index (χ3n) is 6.30. The van der Waals surface area contributed by atoms with Crippen LogP contribution in [0.5, 0.6) is 11.5 Å². The van der Waals surface area contributed by atoms with E-state index in [1.54, 1.807) is 61.7 Å². The molecule has 0 radical (unpaired) electrons. The number of hydrogen-bond donors (Lipinski definition) is 1. The lowest BCUT2D eigenvalue weighted by atomic mass is 10.1. The van der Waals surface area contributed by atoms with Crippen molar-refractivity contribution in [2.24, 2.45) is 0 Å². The molecule has 0 aliphatic heterocycles. The summed E-state index contributed by atoms with van der Waals surface area (Å²) >= 11 is 0. The Hall–Kier alpha value is -4.05. The monoisotopic (exact) mass is 567 g/mol. The molecule has 0 spiro atoms. The average molecular weight is 568 g/mol. The minimum Gasteiger partial charge on any atom is -0.497 e. The molecule has 3 rings (SSSR count). The first-order valence-corrected chi connectivity index (χ1v) is 14.5. The van der Waals surface area contributed by atoms with E-state index < -0.39 is 28.5 Å². The van der Waals surface area contributed by atoms with Crippen LogP contribution < -0.4 is 19.1 Å². The first-order valence-electron chi connectivity index (χ1n) is 13.0. The smallest absolute Gasteiger partial charge is 0.264 e. The van der Waals surface area contributed by atoms with E-state index in [9.17, 15) is 18.0 Å². The zero-order valence-electron chi connectivity index (χ0n) is 23.5. The van der Waals surface area contributed by atoms with Crippen LogP contribution in [0.3, 0.4) is 0 Å². The molecule has 214 valence electrons. The van der Waals surface area contributed by atoms with Gasteiger partial charge in [-0.15, -0.1) is 0 Å². The molecule has 1 N–H and O–H groups in total. The largest absolute Gasteiger partial charge is 0.497 e. The second kappa shape index (κ2) is 13.8. The number of amides is 2. The number of nitrogens with one attached hydrogen (secondary N) is 1. The van der Waals surface area contributed by atoms with Gasteiger partial charge in [-0.2, -0.15) is 0 Å². The van der Waals surface area contributed by atoms with Gasteiger partial charge in [0.05, 0.1) is 24.8 Å². The number of carbonyl (C=O) groups excluding carboxylic acids is 2. The Balaban J connectivity index is 2.04. The highest BCUT2D eigenvalue weighted by molar-refractivity contribution is 7.92. The van der Waals surface area contributed by atoms with Gasteiger partial charge in [-0.05, 0) is 74.4 Å². The van der Waals surface area contributed by atoms with Crippen molar-refractivity contribution in [1.29, 1.82) is 0 Å². The maximum Gasteiger partial charge on any atom is 0.264 e. The summed E-state index contributed by atoms with van der Waals surface area (Å²) in [5.41, 5.74) is 1.06. The first kappa shape index (κ1) is 30.5. The minimum absolute atomic E-state index is 0.0462. The highest BCUT2D eigenvalue weighted by atomic mass is 32.2. The topological polar surface area (TPSA) is 105 Å². The van der Waals surface area contributed by atoms with Crippen LogP contribution in [-0.2, 0) is 26.2 Å². The average Bonchev–Trinajstić information content (AvgIpc) is 2.96. The van der Waals surface area contributed by atoms with Gasteiger partial charge in [-0.3, -0.25) is 13.9 Å². The fraction of sp³-hybridized carbons (Fsp3) is 0.333. The molecular weight excluding hydrogens is 530 g/mol. The molecule has 2 amide bonds. The molecule has 0 bridgehead atoms. The van der Waals surface area contributed by atoms with Gasteiger partial charge in [-0.25, -0.2) is 8.42 Å². The lowest BCUT2D eigenvalue weighted by molar-refractivity contribution is -0.140. The quantitative estimate of drug-likeness (QED) is 0.332. The molecule has 9 nitrogen and oxygen atoms in total. The zero-order chi connectivity index (χ0) is 29.3. The van der Waals surface area contributed by atoms with Gasteiger partial charge in [0.25, 0.3) is 10.0 Å². The Morgan fingerprint density at radius 1 is 0.850 bits per heavy atom. The number of sulfonamides is 1. The van der Waals surface area contributed by atoms with Crippen LogP contribution in [0.25, 0.3) is 0 Å². The maximum atomic E-state index is 14.0. The van der Waals surface area contributed by atoms with Crippen molar-refractivity contribution >= 4 is 27.5 Å². The predicted molar refractivity (Wildman–Crippen MR) is 155 cm³/mol. The van der Waals surface area contributed by atoms with Gasteiger partial charge in [0.15, 0.2) is 0 Å². The van der Waals surface area contributed by atoms with E-state index in [4.69, 9.17) is 9.47 Å². The van der Waals surface area contributed by atoms with Crippen molar-refractivity contribution in [3.63, 3.8) is 0 Å². The lowest BCUT2D eigenvalue weighted by Gasteiger charge is -2.33. The molecule has 0 fully saturated rings. The molecule has 0 aromatic heterocycles. The molecule has 0 heterocycles. The van der Waals surface area contributed by atoms with Crippen LogP contribution in [-0.4, -0.2) is 58.0 Å². The van der Waals surface area contributed by atoms with E-state index in [-0.39, 0.29) is 23.4 Å². The number of anilines is 1. The highest BCUT2D eigenvalue weighted by Crippen LogP contribution is 2.27. The summed E-state index contributed by atoms with van der Waals surface area (Å²) in [6, 6.07) is 20.6. The molecule has 0 aliphatic carbocycles. The van der Waals surface area contributed by atoms with Crippen LogP contribution in [0.4, 0.5) is 5.69 Å². The highest BCUT2D eigenvalue weighted by Gasteiger charge is 2.33.